The zero-order valence-electron chi connectivity index (χ0n) is 19.2. The number of hydrogen-bond acceptors (Lipinski definition) is 6. The first kappa shape index (κ1) is 24.3. The van der Waals surface area contributed by atoms with Crippen molar-refractivity contribution in [1.82, 2.24) is 10.3 Å². The summed E-state index contributed by atoms with van der Waals surface area (Å²) in [6.07, 6.45) is 1.68. The van der Waals surface area contributed by atoms with Gasteiger partial charge in [0.1, 0.15) is 11.5 Å². The van der Waals surface area contributed by atoms with E-state index in [0.717, 1.165) is 16.5 Å². The maximum Gasteiger partial charge on any atom is 0.257 e. The summed E-state index contributed by atoms with van der Waals surface area (Å²) < 4.78 is 17.0. The van der Waals surface area contributed by atoms with Crippen LogP contribution in [0.3, 0.4) is 0 Å². The first-order chi connectivity index (χ1) is 16.9. The van der Waals surface area contributed by atoms with Crippen LogP contribution in [0.4, 0.5) is 5.69 Å². The zero-order valence-corrected chi connectivity index (χ0v) is 20.8. The summed E-state index contributed by atoms with van der Waals surface area (Å²) >= 11 is 11.2. The highest BCUT2D eigenvalue weighted by atomic mass is 35.5. The lowest BCUT2D eigenvalue weighted by Gasteiger charge is -2.15. The average Bonchev–Trinajstić information content (AvgIpc) is 2.85. The number of pyridine rings is 1. The number of benzene rings is 3. The van der Waals surface area contributed by atoms with Gasteiger partial charge in [0.25, 0.3) is 5.91 Å². The molecule has 1 heterocycles. The molecule has 0 spiro atoms. The van der Waals surface area contributed by atoms with Gasteiger partial charge in [-0.2, -0.15) is 0 Å². The van der Waals surface area contributed by atoms with Gasteiger partial charge < -0.3 is 19.5 Å². The van der Waals surface area contributed by atoms with E-state index in [4.69, 9.17) is 38.0 Å². The highest BCUT2D eigenvalue weighted by Gasteiger charge is 2.13. The minimum absolute atomic E-state index is 0.180. The minimum atomic E-state index is -0.326. The summed E-state index contributed by atoms with van der Waals surface area (Å²) in [6, 6.07) is 17.5. The molecule has 178 valence electrons. The number of fused-ring (bicyclic) bond motifs is 1. The Morgan fingerprint density at radius 3 is 2.31 bits per heavy atom. The lowest BCUT2D eigenvalue weighted by molar-refractivity contribution is 0.0977. The molecule has 0 unspecified atom stereocenters. The van der Waals surface area contributed by atoms with Gasteiger partial charge in [-0.05, 0) is 79.3 Å². The summed E-state index contributed by atoms with van der Waals surface area (Å²) in [5, 5.41) is 7.20. The molecule has 1 amide bonds. The van der Waals surface area contributed by atoms with Crippen molar-refractivity contribution >= 4 is 51.4 Å². The number of nitrogens with one attached hydrogen (secondary N) is 2. The number of hydrogen-bond donors (Lipinski definition) is 2. The van der Waals surface area contributed by atoms with Gasteiger partial charge in [0.2, 0.25) is 0 Å². The smallest absolute Gasteiger partial charge is 0.257 e. The summed E-state index contributed by atoms with van der Waals surface area (Å²) in [4.78, 5) is 16.8. The van der Waals surface area contributed by atoms with Gasteiger partial charge in [0.05, 0.1) is 19.7 Å². The van der Waals surface area contributed by atoms with Gasteiger partial charge in [-0.25, -0.2) is 0 Å². The highest BCUT2D eigenvalue weighted by molar-refractivity contribution is 7.80. The Kier molecular flexibility index (Phi) is 7.33. The third-order valence-corrected chi connectivity index (χ3v) is 5.65. The third-order valence-electron chi connectivity index (χ3n) is 5.19. The summed E-state index contributed by atoms with van der Waals surface area (Å²) in [7, 11) is 3.16. The molecule has 3 aromatic carbocycles. The topological polar surface area (TPSA) is 81.7 Å². The van der Waals surface area contributed by atoms with Crippen molar-refractivity contribution in [2.45, 2.75) is 6.92 Å². The van der Waals surface area contributed by atoms with Crippen LogP contribution in [0, 0.1) is 6.92 Å². The normalized spacial score (nSPS) is 10.5. The van der Waals surface area contributed by atoms with Crippen LogP contribution in [-0.2, 0) is 0 Å². The van der Waals surface area contributed by atoms with E-state index in [1.807, 2.05) is 31.2 Å². The van der Waals surface area contributed by atoms with Crippen LogP contribution in [-0.4, -0.2) is 30.2 Å². The van der Waals surface area contributed by atoms with Gasteiger partial charge in [-0.3, -0.25) is 15.1 Å². The lowest BCUT2D eigenvalue weighted by atomic mass is 10.1. The molecule has 0 aliphatic rings. The summed E-state index contributed by atoms with van der Waals surface area (Å²) in [5.74, 6) is 2.14. The Balaban J connectivity index is 1.48. The monoisotopic (exact) mass is 507 g/mol. The number of nitrogens with zero attached hydrogens (tertiary/aromatic N) is 1. The Hall–Kier alpha value is -3.88. The molecule has 0 saturated heterocycles. The van der Waals surface area contributed by atoms with Crippen LogP contribution in [0.1, 0.15) is 15.9 Å². The molecule has 0 aliphatic heterocycles. The Morgan fingerprint density at radius 2 is 1.63 bits per heavy atom. The molecular weight excluding hydrogens is 486 g/mol. The van der Waals surface area contributed by atoms with Crippen LogP contribution in [0.25, 0.3) is 10.9 Å². The van der Waals surface area contributed by atoms with Crippen LogP contribution < -0.4 is 24.8 Å². The second kappa shape index (κ2) is 10.6. The maximum atomic E-state index is 12.4. The van der Waals surface area contributed by atoms with Gasteiger partial charge >= 0.3 is 0 Å². The van der Waals surface area contributed by atoms with E-state index < -0.39 is 0 Å². The quantitative estimate of drug-likeness (QED) is 0.304. The van der Waals surface area contributed by atoms with Crippen LogP contribution >= 0.6 is 23.8 Å². The highest BCUT2D eigenvalue weighted by Crippen LogP contribution is 2.37. The number of aryl methyl sites for hydroxylation is 1. The number of anilines is 1. The zero-order chi connectivity index (χ0) is 24.9. The SMILES string of the molecule is COc1cc2nccc(Oc3ccc(NC(=S)NC(=O)c4ccc(Cl)cc4)cc3C)c2cc1OC. The molecule has 0 radical (unpaired) electrons. The van der Waals surface area contributed by atoms with Crippen LogP contribution in [0.2, 0.25) is 5.02 Å². The van der Waals surface area contributed by atoms with E-state index in [0.29, 0.717) is 39.3 Å². The Morgan fingerprint density at radius 1 is 0.914 bits per heavy atom. The molecule has 9 heteroatoms. The Bertz CT molecular complexity index is 1410. The van der Waals surface area contributed by atoms with Crippen LogP contribution in [0.15, 0.2) is 66.9 Å². The van der Waals surface area contributed by atoms with Gasteiger partial charge in [0, 0.05) is 33.9 Å². The maximum absolute atomic E-state index is 12.4. The van der Waals surface area contributed by atoms with Crippen molar-refractivity contribution in [2.24, 2.45) is 0 Å². The van der Waals surface area contributed by atoms with Crippen molar-refractivity contribution in [3.8, 4) is 23.0 Å². The molecule has 4 rings (SSSR count). The molecule has 4 aromatic rings. The minimum Gasteiger partial charge on any atom is -0.493 e. The van der Waals surface area contributed by atoms with E-state index >= 15 is 0 Å². The summed E-state index contributed by atoms with van der Waals surface area (Å²) in [6.45, 7) is 1.92. The van der Waals surface area contributed by atoms with Gasteiger partial charge in [-0.15, -0.1) is 0 Å². The number of halogens is 1. The number of ether oxygens (including phenoxy) is 3. The fourth-order valence-corrected chi connectivity index (χ4v) is 3.77. The second-order valence-electron chi connectivity index (χ2n) is 7.53. The van der Waals surface area contributed by atoms with E-state index in [1.54, 1.807) is 56.8 Å². The molecule has 0 atom stereocenters. The number of methoxy groups -OCH3 is 2. The second-order valence-corrected chi connectivity index (χ2v) is 8.38. The molecule has 0 fully saturated rings. The number of carbonyl (C=O) groups is 1. The van der Waals surface area contributed by atoms with E-state index in [-0.39, 0.29) is 11.0 Å². The van der Waals surface area contributed by atoms with E-state index in [2.05, 4.69) is 15.6 Å². The average molecular weight is 508 g/mol. The number of thiocarbonyl (C=S) groups is 1. The molecule has 2 N–H and O–H groups in total. The molecule has 7 nitrogen and oxygen atoms in total. The van der Waals surface area contributed by atoms with Crippen molar-refractivity contribution in [3.63, 3.8) is 0 Å². The number of amides is 1. The Labute approximate surface area is 213 Å². The standard InChI is InChI=1S/C26H22ClN3O4S/c1-15-12-18(29-26(35)30-25(31)16-4-6-17(27)7-5-16)8-9-21(15)34-22-10-11-28-20-14-24(33-3)23(32-2)13-19(20)22/h4-14H,1-3H3,(H2,29,30,31,35). The predicted octanol–water partition coefficient (Wildman–Crippen LogP) is 6.13. The van der Waals surface area contributed by atoms with Crippen molar-refractivity contribution in [1.29, 1.82) is 0 Å². The third kappa shape index (κ3) is 5.62. The fraction of sp³-hybridized carbons (Fsp3) is 0.115. The van der Waals surface area contributed by atoms with Gasteiger partial charge in [-0.1, -0.05) is 11.6 Å². The molecule has 0 saturated carbocycles. The number of carbonyl (C=O) groups excluding carboxylic acids is 1. The van der Waals surface area contributed by atoms with Gasteiger partial charge in [0.15, 0.2) is 16.6 Å². The number of aromatic nitrogens is 1. The molecule has 0 aliphatic carbocycles. The first-order valence-corrected chi connectivity index (χ1v) is 11.3. The van der Waals surface area contributed by atoms with Crippen LogP contribution in [0.5, 0.6) is 23.0 Å². The van der Waals surface area contributed by atoms with E-state index in [1.165, 1.54) is 0 Å². The van der Waals surface area contributed by atoms with Crippen molar-refractivity contribution in [2.75, 3.05) is 19.5 Å². The molecule has 1 aromatic heterocycles. The molecule has 35 heavy (non-hydrogen) atoms. The van der Waals surface area contributed by atoms with Crippen molar-refractivity contribution < 1.29 is 19.0 Å². The van der Waals surface area contributed by atoms with E-state index in [9.17, 15) is 4.79 Å². The largest absolute Gasteiger partial charge is 0.493 e. The van der Waals surface area contributed by atoms with Crippen molar-refractivity contribution in [3.05, 3.63) is 83.0 Å². The molecule has 0 bridgehead atoms. The lowest BCUT2D eigenvalue weighted by Crippen LogP contribution is -2.34. The summed E-state index contributed by atoms with van der Waals surface area (Å²) in [5.41, 5.74) is 2.75. The first-order valence-electron chi connectivity index (χ1n) is 10.5. The number of rotatable bonds is 6. The predicted molar refractivity (Wildman–Crippen MR) is 141 cm³/mol. The fourth-order valence-electron chi connectivity index (χ4n) is 3.44. The molecular formula is C26H22ClN3O4S.